The van der Waals surface area contributed by atoms with Crippen LogP contribution in [0.1, 0.15) is 15.9 Å². The highest BCUT2D eigenvalue weighted by molar-refractivity contribution is 5.95. The van der Waals surface area contributed by atoms with Crippen molar-refractivity contribution >= 4 is 29.6 Å². The maximum atomic E-state index is 11.9. The van der Waals surface area contributed by atoms with Gasteiger partial charge < -0.3 is 19.5 Å². The zero-order valence-corrected chi connectivity index (χ0v) is 14.9. The van der Waals surface area contributed by atoms with Gasteiger partial charge in [0.2, 0.25) is 0 Å². The van der Waals surface area contributed by atoms with Crippen molar-refractivity contribution in [2.45, 2.75) is 0 Å². The van der Waals surface area contributed by atoms with Crippen molar-refractivity contribution in [3.63, 3.8) is 0 Å². The van der Waals surface area contributed by atoms with E-state index in [0.717, 1.165) is 0 Å². The molecule has 1 N–H and O–H groups in total. The average molecular weight is 369 g/mol. The van der Waals surface area contributed by atoms with Crippen LogP contribution in [0, 0.1) is 0 Å². The number of para-hydroxylation sites is 2. The van der Waals surface area contributed by atoms with E-state index in [0.29, 0.717) is 22.6 Å². The van der Waals surface area contributed by atoms with Crippen molar-refractivity contribution in [1.82, 2.24) is 0 Å². The van der Waals surface area contributed by atoms with Crippen molar-refractivity contribution in [2.75, 3.05) is 26.1 Å². The van der Waals surface area contributed by atoms with E-state index in [1.807, 2.05) is 0 Å². The molecule has 27 heavy (non-hydrogen) atoms. The lowest BCUT2D eigenvalue weighted by atomic mass is 10.1. The number of carbonyl (C=O) groups excluding carboxylic acids is 3. The maximum Gasteiger partial charge on any atom is 0.337 e. The lowest BCUT2D eigenvalue weighted by Crippen LogP contribution is -2.20. The van der Waals surface area contributed by atoms with Crippen molar-refractivity contribution in [2.24, 2.45) is 0 Å². The molecule has 0 radical (unpaired) electrons. The van der Waals surface area contributed by atoms with Gasteiger partial charge in [-0.3, -0.25) is 4.79 Å². The summed E-state index contributed by atoms with van der Waals surface area (Å²) < 4.78 is 14.6. The number of rotatable bonds is 7. The molecule has 0 unspecified atom stereocenters. The highest BCUT2D eigenvalue weighted by Gasteiger charge is 2.09. The molecule has 2 aromatic carbocycles. The lowest BCUT2D eigenvalue weighted by molar-refractivity contribution is -0.142. The molecule has 0 aliphatic heterocycles. The van der Waals surface area contributed by atoms with E-state index in [1.165, 1.54) is 26.4 Å². The zero-order chi connectivity index (χ0) is 19.6. The minimum Gasteiger partial charge on any atom is -0.495 e. The Balaban J connectivity index is 1.84. The van der Waals surface area contributed by atoms with E-state index in [4.69, 9.17) is 9.47 Å². The van der Waals surface area contributed by atoms with E-state index in [1.54, 1.807) is 48.5 Å². The number of nitrogens with one attached hydrogen (secondary N) is 1. The van der Waals surface area contributed by atoms with Crippen LogP contribution in [0.25, 0.3) is 6.08 Å². The third-order valence-electron chi connectivity index (χ3n) is 3.47. The quantitative estimate of drug-likeness (QED) is 0.596. The van der Waals surface area contributed by atoms with Crippen LogP contribution in [0.15, 0.2) is 54.6 Å². The van der Waals surface area contributed by atoms with Gasteiger partial charge in [-0.1, -0.05) is 24.3 Å². The number of methoxy groups -OCH3 is 2. The van der Waals surface area contributed by atoms with Crippen LogP contribution in [-0.4, -0.2) is 38.7 Å². The molecule has 2 rings (SSSR count). The third kappa shape index (κ3) is 6.00. The number of benzene rings is 2. The first-order chi connectivity index (χ1) is 13.0. The van der Waals surface area contributed by atoms with Gasteiger partial charge in [-0.2, -0.15) is 0 Å². The minimum atomic E-state index is -0.665. The van der Waals surface area contributed by atoms with Gasteiger partial charge in [0.1, 0.15) is 5.75 Å². The van der Waals surface area contributed by atoms with Gasteiger partial charge in [-0.15, -0.1) is 0 Å². The summed E-state index contributed by atoms with van der Waals surface area (Å²) in [5.41, 5.74) is 1.59. The van der Waals surface area contributed by atoms with Crippen molar-refractivity contribution in [1.29, 1.82) is 0 Å². The number of esters is 2. The Labute approximate surface area is 156 Å². The Morgan fingerprint density at radius 2 is 1.70 bits per heavy atom. The fraction of sp³-hybridized carbons (Fsp3) is 0.150. The molecule has 2 aromatic rings. The second-order valence-corrected chi connectivity index (χ2v) is 5.30. The summed E-state index contributed by atoms with van der Waals surface area (Å²) in [7, 11) is 2.80. The Morgan fingerprint density at radius 3 is 2.37 bits per heavy atom. The number of hydrogen-bond acceptors (Lipinski definition) is 6. The standard InChI is InChI=1S/C20H19NO6/c1-25-17-6-4-3-5-16(17)21-18(22)13-27-19(23)12-9-14-7-10-15(11-8-14)20(24)26-2/h3-12H,13H2,1-2H3,(H,21,22)/b12-9+. The Hall–Kier alpha value is -3.61. The predicted molar refractivity (Wildman–Crippen MR) is 99.4 cm³/mol. The second kappa shape index (κ2) is 9.76. The smallest absolute Gasteiger partial charge is 0.337 e. The number of ether oxygens (including phenoxy) is 3. The van der Waals surface area contributed by atoms with Crippen LogP contribution in [0.2, 0.25) is 0 Å². The molecule has 0 aliphatic carbocycles. The van der Waals surface area contributed by atoms with Gasteiger partial charge in [0.25, 0.3) is 5.91 Å². The van der Waals surface area contributed by atoms with Crippen molar-refractivity contribution < 1.29 is 28.6 Å². The van der Waals surface area contributed by atoms with Crippen LogP contribution in [0.4, 0.5) is 5.69 Å². The first kappa shape index (κ1) is 19.7. The topological polar surface area (TPSA) is 90.9 Å². The molecule has 0 saturated carbocycles. The summed E-state index contributed by atoms with van der Waals surface area (Å²) >= 11 is 0. The first-order valence-electron chi connectivity index (χ1n) is 7.99. The molecule has 7 heteroatoms. The summed E-state index contributed by atoms with van der Waals surface area (Å²) in [4.78, 5) is 35.0. The SMILES string of the molecule is COC(=O)c1ccc(/C=C/C(=O)OCC(=O)Nc2ccccc2OC)cc1. The molecule has 140 valence electrons. The molecular formula is C20H19NO6. The molecule has 0 heterocycles. The van der Waals surface area contributed by atoms with E-state index in [-0.39, 0.29) is 0 Å². The molecular weight excluding hydrogens is 350 g/mol. The summed E-state index contributed by atoms with van der Waals surface area (Å²) in [5, 5.41) is 2.60. The van der Waals surface area contributed by atoms with E-state index >= 15 is 0 Å². The van der Waals surface area contributed by atoms with Gasteiger partial charge in [0, 0.05) is 6.08 Å². The molecule has 0 spiro atoms. The number of anilines is 1. The van der Waals surface area contributed by atoms with Crippen LogP contribution in [0.3, 0.4) is 0 Å². The van der Waals surface area contributed by atoms with Gasteiger partial charge in [0.15, 0.2) is 6.61 Å². The number of amides is 1. The number of hydrogen-bond donors (Lipinski definition) is 1. The minimum absolute atomic E-state index is 0.408. The van der Waals surface area contributed by atoms with Crippen LogP contribution in [-0.2, 0) is 19.1 Å². The largest absolute Gasteiger partial charge is 0.495 e. The molecule has 0 aliphatic rings. The summed E-state index contributed by atoms with van der Waals surface area (Å²) in [6.07, 6.45) is 2.71. The summed E-state index contributed by atoms with van der Waals surface area (Å²) in [6, 6.07) is 13.4. The maximum absolute atomic E-state index is 11.9. The fourth-order valence-electron chi connectivity index (χ4n) is 2.13. The van der Waals surface area contributed by atoms with Crippen molar-refractivity contribution in [3.8, 4) is 5.75 Å². The zero-order valence-electron chi connectivity index (χ0n) is 14.9. The van der Waals surface area contributed by atoms with E-state index < -0.39 is 24.5 Å². The number of carbonyl (C=O) groups is 3. The Kier molecular flexibility index (Phi) is 7.13. The fourth-order valence-corrected chi connectivity index (χ4v) is 2.13. The lowest BCUT2D eigenvalue weighted by Gasteiger charge is -2.09. The summed E-state index contributed by atoms with van der Waals surface area (Å²) in [5.74, 6) is -1.08. The van der Waals surface area contributed by atoms with Gasteiger partial charge in [-0.05, 0) is 35.9 Å². The third-order valence-corrected chi connectivity index (χ3v) is 3.47. The molecule has 0 saturated heterocycles. The van der Waals surface area contributed by atoms with Gasteiger partial charge >= 0.3 is 11.9 Å². The highest BCUT2D eigenvalue weighted by atomic mass is 16.5. The highest BCUT2D eigenvalue weighted by Crippen LogP contribution is 2.22. The molecule has 7 nitrogen and oxygen atoms in total. The monoisotopic (exact) mass is 369 g/mol. The Bertz CT molecular complexity index is 842. The van der Waals surface area contributed by atoms with E-state index in [2.05, 4.69) is 10.1 Å². The van der Waals surface area contributed by atoms with Crippen LogP contribution < -0.4 is 10.1 Å². The molecule has 0 atom stereocenters. The van der Waals surface area contributed by atoms with E-state index in [9.17, 15) is 14.4 Å². The molecule has 1 amide bonds. The van der Waals surface area contributed by atoms with Gasteiger partial charge in [0.05, 0.1) is 25.5 Å². The predicted octanol–water partition coefficient (Wildman–Crippen LogP) is 2.68. The molecule has 0 bridgehead atoms. The normalized spacial score (nSPS) is 10.3. The van der Waals surface area contributed by atoms with Crippen molar-refractivity contribution in [3.05, 3.63) is 65.7 Å². The van der Waals surface area contributed by atoms with Gasteiger partial charge in [-0.25, -0.2) is 9.59 Å². The molecule has 0 aromatic heterocycles. The van der Waals surface area contributed by atoms with Crippen LogP contribution >= 0.6 is 0 Å². The van der Waals surface area contributed by atoms with Crippen LogP contribution in [0.5, 0.6) is 5.75 Å². The molecule has 0 fully saturated rings. The Morgan fingerprint density at radius 1 is 1.00 bits per heavy atom. The average Bonchev–Trinajstić information content (AvgIpc) is 2.71. The summed E-state index contributed by atoms with van der Waals surface area (Å²) in [6.45, 7) is -0.428. The first-order valence-corrected chi connectivity index (χ1v) is 7.99. The second-order valence-electron chi connectivity index (χ2n) is 5.30.